The maximum Gasteiger partial charge on any atom is 0.306 e. The largest absolute Gasteiger partial charge is 0.481 e. The van der Waals surface area contributed by atoms with Gasteiger partial charge in [0.1, 0.15) is 11.5 Å². The molecular weight excluding hydrogens is 329 g/mol. The first-order chi connectivity index (χ1) is 12.0. The minimum Gasteiger partial charge on any atom is -0.481 e. The topological polar surface area (TPSA) is 84.7 Å². The van der Waals surface area contributed by atoms with E-state index >= 15 is 0 Å². The molecule has 1 amide bonds. The second kappa shape index (κ2) is 7.02. The Bertz CT molecular complexity index is 805. The van der Waals surface area contributed by atoms with Crippen LogP contribution in [0, 0.1) is 12.7 Å². The van der Waals surface area contributed by atoms with Gasteiger partial charge in [0.25, 0.3) is 5.91 Å². The summed E-state index contributed by atoms with van der Waals surface area (Å²) < 4.78 is 20.7. The standard InChI is InChI=1S/C17H18FN3O4/c1-11-13(9-19-21(11)15-5-3-2-4-14(15)18)17(24)20-6-7-25-12(10-20)8-16(22)23/h2-5,9,12H,6-8,10H2,1H3,(H,22,23)/t12-/m0/s1. The number of nitrogens with zero attached hydrogens (tertiary/aromatic N) is 3. The number of morpholine rings is 1. The van der Waals surface area contributed by atoms with Crippen molar-refractivity contribution in [3.8, 4) is 5.69 Å². The summed E-state index contributed by atoms with van der Waals surface area (Å²) in [5.41, 5.74) is 1.15. The van der Waals surface area contributed by atoms with E-state index in [0.717, 1.165) is 0 Å². The van der Waals surface area contributed by atoms with Crippen molar-refractivity contribution in [2.75, 3.05) is 19.7 Å². The van der Waals surface area contributed by atoms with Gasteiger partial charge in [-0.05, 0) is 19.1 Å². The molecule has 1 fully saturated rings. The summed E-state index contributed by atoms with van der Waals surface area (Å²) in [6, 6.07) is 6.19. The van der Waals surface area contributed by atoms with Gasteiger partial charge in [-0.2, -0.15) is 5.10 Å². The van der Waals surface area contributed by atoms with Crippen LogP contribution in [0.1, 0.15) is 22.5 Å². The van der Waals surface area contributed by atoms with Gasteiger partial charge in [-0.1, -0.05) is 12.1 Å². The molecule has 1 saturated heterocycles. The molecule has 2 heterocycles. The first-order valence-corrected chi connectivity index (χ1v) is 7.89. The van der Waals surface area contributed by atoms with Gasteiger partial charge in [-0.15, -0.1) is 0 Å². The van der Waals surface area contributed by atoms with Gasteiger partial charge in [-0.25, -0.2) is 9.07 Å². The number of para-hydroxylation sites is 1. The van der Waals surface area contributed by atoms with E-state index in [0.29, 0.717) is 17.8 Å². The number of carboxylic acids is 1. The summed E-state index contributed by atoms with van der Waals surface area (Å²) in [5, 5.41) is 13.0. The fourth-order valence-corrected chi connectivity index (χ4v) is 2.88. The lowest BCUT2D eigenvalue weighted by molar-refractivity contribution is -0.141. The molecule has 0 radical (unpaired) electrons. The van der Waals surface area contributed by atoms with E-state index in [1.807, 2.05) is 0 Å². The quantitative estimate of drug-likeness (QED) is 0.909. The number of rotatable bonds is 4. The summed E-state index contributed by atoms with van der Waals surface area (Å²) >= 11 is 0. The highest BCUT2D eigenvalue weighted by Crippen LogP contribution is 2.19. The van der Waals surface area contributed by atoms with Crippen LogP contribution in [0.15, 0.2) is 30.5 Å². The van der Waals surface area contributed by atoms with E-state index in [-0.39, 0.29) is 31.2 Å². The van der Waals surface area contributed by atoms with Crippen LogP contribution < -0.4 is 0 Å². The number of halogens is 1. The van der Waals surface area contributed by atoms with Crippen LogP contribution in [-0.4, -0.2) is 57.5 Å². The summed E-state index contributed by atoms with van der Waals surface area (Å²) in [6.45, 7) is 2.56. The van der Waals surface area contributed by atoms with E-state index in [1.165, 1.54) is 16.9 Å². The molecule has 7 nitrogen and oxygen atoms in total. The highest BCUT2D eigenvalue weighted by Gasteiger charge is 2.28. The normalized spacial score (nSPS) is 17.5. The molecule has 132 valence electrons. The van der Waals surface area contributed by atoms with Crippen molar-refractivity contribution in [1.82, 2.24) is 14.7 Å². The Balaban J connectivity index is 1.82. The molecule has 2 aromatic rings. The number of aliphatic carboxylic acids is 1. The van der Waals surface area contributed by atoms with E-state index in [4.69, 9.17) is 9.84 Å². The molecule has 1 aromatic carbocycles. The van der Waals surface area contributed by atoms with Crippen molar-refractivity contribution < 1.29 is 23.8 Å². The molecule has 1 aliphatic rings. The second-order valence-electron chi connectivity index (χ2n) is 5.85. The predicted octanol–water partition coefficient (Wildman–Crippen LogP) is 1.64. The second-order valence-corrected chi connectivity index (χ2v) is 5.85. The van der Waals surface area contributed by atoms with E-state index in [1.54, 1.807) is 30.0 Å². The molecule has 0 aliphatic carbocycles. The van der Waals surface area contributed by atoms with Crippen LogP contribution in [-0.2, 0) is 9.53 Å². The van der Waals surface area contributed by atoms with E-state index in [9.17, 15) is 14.0 Å². The van der Waals surface area contributed by atoms with Gasteiger partial charge in [0, 0.05) is 13.1 Å². The van der Waals surface area contributed by atoms with Crippen LogP contribution >= 0.6 is 0 Å². The average molecular weight is 347 g/mol. The first kappa shape index (κ1) is 17.1. The number of hydrogen-bond acceptors (Lipinski definition) is 4. The lowest BCUT2D eigenvalue weighted by Gasteiger charge is -2.32. The summed E-state index contributed by atoms with van der Waals surface area (Å²) in [7, 11) is 0. The zero-order valence-electron chi connectivity index (χ0n) is 13.7. The molecule has 1 atom stereocenters. The number of benzene rings is 1. The smallest absolute Gasteiger partial charge is 0.306 e. The van der Waals surface area contributed by atoms with Gasteiger partial charge in [0.05, 0.1) is 36.6 Å². The zero-order chi connectivity index (χ0) is 18.0. The third-order valence-corrected chi connectivity index (χ3v) is 4.15. The zero-order valence-corrected chi connectivity index (χ0v) is 13.7. The van der Waals surface area contributed by atoms with Crippen molar-refractivity contribution in [3.05, 3.63) is 47.5 Å². The van der Waals surface area contributed by atoms with E-state index in [2.05, 4.69) is 5.10 Å². The number of carbonyl (C=O) groups is 2. The molecule has 0 unspecified atom stereocenters. The number of carbonyl (C=O) groups excluding carboxylic acids is 1. The van der Waals surface area contributed by atoms with Crippen LogP contribution in [0.3, 0.4) is 0 Å². The SMILES string of the molecule is Cc1c(C(=O)N2CCO[C@@H](CC(=O)O)C2)cnn1-c1ccccc1F. The first-order valence-electron chi connectivity index (χ1n) is 7.89. The average Bonchev–Trinajstić information content (AvgIpc) is 2.96. The fraction of sp³-hybridized carbons (Fsp3) is 0.353. The molecule has 3 rings (SSSR count). The minimum atomic E-state index is -0.970. The summed E-state index contributed by atoms with van der Waals surface area (Å²) in [5.74, 6) is -1.66. The van der Waals surface area contributed by atoms with Crippen LogP contribution in [0.4, 0.5) is 4.39 Å². The Morgan fingerprint density at radius 3 is 2.88 bits per heavy atom. The Kier molecular flexibility index (Phi) is 4.80. The predicted molar refractivity (Wildman–Crippen MR) is 86.2 cm³/mol. The maximum absolute atomic E-state index is 14.0. The van der Waals surface area contributed by atoms with Crippen LogP contribution in [0.5, 0.6) is 0 Å². The molecule has 0 spiro atoms. The Morgan fingerprint density at radius 1 is 1.40 bits per heavy atom. The molecule has 0 saturated carbocycles. The third-order valence-electron chi connectivity index (χ3n) is 4.15. The van der Waals surface area contributed by atoms with Crippen molar-refractivity contribution in [3.63, 3.8) is 0 Å². The summed E-state index contributed by atoms with van der Waals surface area (Å²) in [6.07, 6.45) is 0.723. The molecule has 0 bridgehead atoms. The third kappa shape index (κ3) is 3.53. The van der Waals surface area contributed by atoms with Gasteiger partial charge < -0.3 is 14.7 Å². The molecule has 1 N–H and O–H groups in total. The van der Waals surface area contributed by atoms with Crippen molar-refractivity contribution in [2.45, 2.75) is 19.4 Å². The molecular formula is C17H18FN3O4. The fourth-order valence-electron chi connectivity index (χ4n) is 2.88. The highest BCUT2D eigenvalue weighted by atomic mass is 19.1. The molecule has 25 heavy (non-hydrogen) atoms. The monoisotopic (exact) mass is 347 g/mol. The number of hydrogen-bond donors (Lipinski definition) is 1. The van der Waals surface area contributed by atoms with Gasteiger partial charge in [0.2, 0.25) is 0 Å². The maximum atomic E-state index is 14.0. The molecule has 1 aliphatic heterocycles. The minimum absolute atomic E-state index is 0.156. The van der Waals surface area contributed by atoms with Crippen molar-refractivity contribution in [2.24, 2.45) is 0 Å². The number of amides is 1. The number of ether oxygens (including phenoxy) is 1. The summed E-state index contributed by atoms with van der Waals surface area (Å²) in [4.78, 5) is 25.1. The van der Waals surface area contributed by atoms with Gasteiger partial charge in [0.15, 0.2) is 0 Å². The van der Waals surface area contributed by atoms with Crippen molar-refractivity contribution in [1.29, 1.82) is 0 Å². The van der Waals surface area contributed by atoms with Gasteiger partial charge >= 0.3 is 5.97 Å². The van der Waals surface area contributed by atoms with Gasteiger partial charge in [-0.3, -0.25) is 9.59 Å². The van der Waals surface area contributed by atoms with Crippen LogP contribution in [0.25, 0.3) is 5.69 Å². The lowest BCUT2D eigenvalue weighted by atomic mass is 10.1. The van der Waals surface area contributed by atoms with E-state index < -0.39 is 17.9 Å². The Hall–Kier alpha value is -2.74. The molecule has 8 heteroatoms. The van der Waals surface area contributed by atoms with Crippen LogP contribution in [0.2, 0.25) is 0 Å². The highest BCUT2D eigenvalue weighted by molar-refractivity contribution is 5.95. The molecule has 1 aromatic heterocycles. The lowest BCUT2D eigenvalue weighted by Crippen LogP contribution is -2.46. The number of carboxylic acid groups (broad SMARTS) is 1. The Morgan fingerprint density at radius 2 is 2.16 bits per heavy atom. The Labute approximate surface area is 143 Å². The van der Waals surface area contributed by atoms with Crippen molar-refractivity contribution >= 4 is 11.9 Å². The number of aromatic nitrogens is 2.